The second-order valence-electron chi connectivity index (χ2n) is 3.71. The van der Waals surface area contributed by atoms with Gasteiger partial charge in [-0.15, -0.1) is 0 Å². The van der Waals surface area contributed by atoms with Crippen molar-refractivity contribution < 1.29 is 9.53 Å². The molecule has 0 aromatic rings. The first-order valence-electron chi connectivity index (χ1n) is 4.58. The minimum atomic E-state index is -0.0754. The summed E-state index contributed by atoms with van der Waals surface area (Å²) in [7, 11) is 1.71. The van der Waals surface area contributed by atoms with E-state index in [0.29, 0.717) is 18.6 Å². The summed E-state index contributed by atoms with van der Waals surface area (Å²) < 4.78 is 5.24. The third kappa shape index (κ3) is 5.30. The number of ether oxygens (including phenoxy) is 1. The summed E-state index contributed by atoms with van der Waals surface area (Å²) in [4.78, 5) is 10.9. The van der Waals surface area contributed by atoms with Gasteiger partial charge in [0, 0.05) is 20.0 Å². The average molecular weight is 172 g/mol. The van der Waals surface area contributed by atoms with E-state index >= 15 is 0 Å². The van der Waals surface area contributed by atoms with E-state index in [1.165, 1.54) is 0 Å². The smallest absolute Gasteiger partial charge is 0.132 e. The fraction of sp³-hybridized carbons (Fsp3) is 0.900. The monoisotopic (exact) mass is 172 g/mol. The van der Waals surface area contributed by atoms with Crippen LogP contribution in [0.1, 0.15) is 46.5 Å². The van der Waals surface area contributed by atoms with Gasteiger partial charge in [-0.1, -0.05) is 6.92 Å². The molecular weight excluding hydrogens is 152 g/mol. The van der Waals surface area contributed by atoms with E-state index in [-0.39, 0.29) is 5.60 Å². The van der Waals surface area contributed by atoms with Gasteiger partial charge in [-0.2, -0.15) is 0 Å². The van der Waals surface area contributed by atoms with Crippen molar-refractivity contribution in [3.63, 3.8) is 0 Å². The fourth-order valence-corrected chi connectivity index (χ4v) is 0.990. The topological polar surface area (TPSA) is 26.3 Å². The molecule has 0 atom stereocenters. The van der Waals surface area contributed by atoms with E-state index in [0.717, 1.165) is 12.8 Å². The number of rotatable bonds is 6. The first-order valence-corrected chi connectivity index (χ1v) is 4.58. The molecule has 0 N–H and O–H groups in total. The number of carbonyl (C=O) groups excluding carboxylic acids is 1. The van der Waals surface area contributed by atoms with Crippen LogP contribution in [-0.2, 0) is 9.53 Å². The van der Waals surface area contributed by atoms with E-state index < -0.39 is 0 Å². The van der Waals surface area contributed by atoms with E-state index in [4.69, 9.17) is 4.74 Å². The number of carbonyl (C=O) groups is 1. The Kier molecular flexibility index (Phi) is 5.14. The lowest BCUT2D eigenvalue weighted by Crippen LogP contribution is -2.22. The third-order valence-electron chi connectivity index (χ3n) is 2.18. The summed E-state index contributed by atoms with van der Waals surface area (Å²) >= 11 is 0. The normalized spacial score (nSPS) is 11.7. The van der Waals surface area contributed by atoms with Gasteiger partial charge in [-0.25, -0.2) is 0 Å². The average Bonchev–Trinajstić information content (AvgIpc) is 2.04. The van der Waals surface area contributed by atoms with Gasteiger partial charge in [0.2, 0.25) is 0 Å². The van der Waals surface area contributed by atoms with E-state index in [1.54, 1.807) is 7.11 Å². The molecule has 0 fully saturated rings. The van der Waals surface area contributed by atoms with Crippen molar-refractivity contribution in [1.82, 2.24) is 0 Å². The van der Waals surface area contributed by atoms with Gasteiger partial charge in [0.1, 0.15) is 5.78 Å². The van der Waals surface area contributed by atoms with Gasteiger partial charge >= 0.3 is 0 Å². The molecule has 0 amide bonds. The number of methoxy groups -OCH3 is 1. The zero-order valence-corrected chi connectivity index (χ0v) is 8.64. The predicted molar refractivity (Wildman–Crippen MR) is 50.2 cm³/mol. The highest BCUT2D eigenvalue weighted by atomic mass is 16.5. The molecule has 0 heterocycles. The molecule has 0 unspecified atom stereocenters. The van der Waals surface area contributed by atoms with Crippen molar-refractivity contribution in [2.75, 3.05) is 7.11 Å². The van der Waals surface area contributed by atoms with Crippen LogP contribution in [0.25, 0.3) is 0 Å². The molecule has 0 radical (unpaired) electrons. The van der Waals surface area contributed by atoms with Crippen molar-refractivity contribution in [3.05, 3.63) is 0 Å². The molecule has 0 saturated carbocycles. The Balaban J connectivity index is 3.49. The van der Waals surface area contributed by atoms with Crippen LogP contribution in [-0.4, -0.2) is 18.5 Å². The van der Waals surface area contributed by atoms with Gasteiger partial charge in [-0.05, 0) is 26.7 Å². The van der Waals surface area contributed by atoms with Crippen LogP contribution >= 0.6 is 0 Å². The molecule has 0 spiro atoms. The quantitative estimate of drug-likeness (QED) is 0.615. The lowest BCUT2D eigenvalue weighted by atomic mass is 10.00. The molecule has 2 nitrogen and oxygen atoms in total. The van der Waals surface area contributed by atoms with E-state index in [9.17, 15) is 4.79 Å². The van der Waals surface area contributed by atoms with Gasteiger partial charge in [-0.3, -0.25) is 4.79 Å². The molecule has 0 aliphatic rings. The lowest BCUT2D eigenvalue weighted by Gasteiger charge is -2.22. The SMILES string of the molecule is CCC(=O)CCCC(C)(C)OC. The summed E-state index contributed by atoms with van der Waals surface area (Å²) in [5.74, 6) is 0.349. The van der Waals surface area contributed by atoms with Crippen molar-refractivity contribution in [3.8, 4) is 0 Å². The summed E-state index contributed by atoms with van der Waals surface area (Å²) in [5, 5.41) is 0. The second-order valence-corrected chi connectivity index (χ2v) is 3.71. The molecule has 2 heteroatoms. The van der Waals surface area contributed by atoms with Crippen LogP contribution in [0.2, 0.25) is 0 Å². The molecule has 0 bridgehead atoms. The van der Waals surface area contributed by atoms with Crippen LogP contribution in [0.4, 0.5) is 0 Å². The number of Topliss-reactive ketones (excluding diaryl/α,β-unsaturated/α-hetero) is 1. The largest absolute Gasteiger partial charge is 0.379 e. The van der Waals surface area contributed by atoms with Crippen molar-refractivity contribution in [2.45, 2.75) is 52.1 Å². The van der Waals surface area contributed by atoms with Gasteiger partial charge in [0.15, 0.2) is 0 Å². The second kappa shape index (κ2) is 5.31. The number of hydrogen-bond acceptors (Lipinski definition) is 2. The third-order valence-corrected chi connectivity index (χ3v) is 2.18. The minimum Gasteiger partial charge on any atom is -0.379 e. The highest BCUT2D eigenvalue weighted by Gasteiger charge is 2.15. The molecule has 0 aromatic carbocycles. The lowest BCUT2D eigenvalue weighted by molar-refractivity contribution is -0.119. The Morgan fingerprint density at radius 1 is 1.42 bits per heavy atom. The maximum Gasteiger partial charge on any atom is 0.132 e. The number of hydrogen-bond donors (Lipinski definition) is 0. The van der Waals surface area contributed by atoms with Crippen molar-refractivity contribution >= 4 is 5.78 Å². The Morgan fingerprint density at radius 2 is 2.00 bits per heavy atom. The molecule has 12 heavy (non-hydrogen) atoms. The summed E-state index contributed by atoms with van der Waals surface area (Å²) in [6.07, 6.45) is 3.25. The maximum absolute atomic E-state index is 10.9. The highest BCUT2D eigenvalue weighted by molar-refractivity contribution is 5.77. The Bertz CT molecular complexity index is 139. The van der Waals surface area contributed by atoms with Crippen molar-refractivity contribution in [1.29, 1.82) is 0 Å². The number of ketones is 1. The molecular formula is C10H20O2. The molecule has 0 aromatic heterocycles. The van der Waals surface area contributed by atoms with Crippen molar-refractivity contribution in [2.24, 2.45) is 0 Å². The zero-order valence-electron chi connectivity index (χ0n) is 8.64. The van der Waals surface area contributed by atoms with Crippen LogP contribution in [0.5, 0.6) is 0 Å². The van der Waals surface area contributed by atoms with Crippen LogP contribution in [0.15, 0.2) is 0 Å². The standard InChI is InChI=1S/C10H20O2/c1-5-9(11)7-6-8-10(2,3)12-4/h5-8H2,1-4H3. The summed E-state index contributed by atoms with van der Waals surface area (Å²) in [6, 6.07) is 0. The van der Waals surface area contributed by atoms with Crippen LogP contribution < -0.4 is 0 Å². The van der Waals surface area contributed by atoms with Crippen LogP contribution in [0.3, 0.4) is 0 Å². The first kappa shape index (κ1) is 11.6. The molecule has 0 aliphatic carbocycles. The first-order chi connectivity index (χ1) is 5.52. The van der Waals surface area contributed by atoms with Gasteiger partial charge in [0.05, 0.1) is 5.60 Å². The zero-order chi connectivity index (χ0) is 9.61. The van der Waals surface area contributed by atoms with Gasteiger partial charge in [0.25, 0.3) is 0 Å². The molecule has 0 rings (SSSR count). The molecule has 0 aliphatic heterocycles. The fourth-order valence-electron chi connectivity index (χ4n) is 0.990. The molecule has 72 valence electrons. The van der Waals surface area contributed by atoms with E-state index in [2.05, 4.69) is 0 Å². The Hall–Kier alpha value is -0.370. The Morgan fingerprint density at radius 3 is 2.42 bits per heavy atom. The van der Waals surface area contributed by atoms with Gasteiger partial charge < -0.3 is 4.74 Å². The maximum atomic E-state index is 10.9. The summed E-state index contributed by atoms with van der Waals surface area (Å²) in [5.41, 5.74) is -0.0754. The minimum absolute atomic E-state index is 0.0754. The molecule has 0 saturated heterocycles. The van der Waals surface area contributed by atoms with E-state index in [1.807, 2.05) is 20.8 Å². The predicted octanol–water partition coefficient (Wildman–Crippen LogP) is 2.56. The highest BCUT2D eigenvalue weighted by Crippen LogP contribution is 2.16. The Labute approximate surface area is 75.3 Å². The van der Waals surface area contributed by atoms with Crippen LogP contribution in [0, 0.1) is 0 Å². The summed E-state index contributed by atoms with van der Waals surface area (Å²) in [6.45, 7) is 6.00.